The van der Waals surface area contributed by atoms with E-state index in [1.165, 1.54) is 19.1 Å². The van der Waals surface area contributed by atoms with Crippen molar-refractivity contribution in [2.45, 2.75) is 13.5 Å². The van der Waals surface area contributed by atoms with E-state index in [1.807, 2.05) is 0 Å². The third-order valence-corrected chi connectivity index (χ3v) is 2.03. The third kappa shape index (κ3) is 3.71. The van der Waals surface area contributed by atoms with Gasteiger partial charge < -0.3 is 9.47 Å². The summed E-state index contributed by atoms with van der Waals surface area (Å²) in [5.74, 6) is -1.98. The Bertz CT molecular complexity index is 433. The molecule has 5 heteroatoms. The molecule has 0 spiro atoms. The van der Waals surface area contributed by atoms with Gasteiger partial charge in [-0.3, -0.25) is 9.59 Å². The molecule has 5 nitrogen and oxygen atoms in total. The van der Waals surface area contributed by atoms with Crippen molar-refractivity contribution in [3.8, 4) is 0 Å². The molecular formula is C12H12O5. The molecule has 0 saturated heterocycles. The van der Waals surface area contributed by atoms with Gasteiger partial charge in [0.2, 0.25) is 0 Å². The largest absolute Gasteiger partial charge is 0.463 e. The molecule has 0 atom stereocenters. The normalized spacial score (nSPS) is 9.53. The van der Waals surface area contributed by atoms with Gasteiger partial charge in [-0.25, -0.2) is 4.79 Å². The van der Waals surface area contributed by atoms with E-state index in [4.69, 9.17) is 4.74 Å². The average Bonchev–Trinajstić information content (AvgIpc) is 2.35. The summed E-state index contributed by atoms with van der Waals surface area (Å²) in [7, 11) is 1.15. The number of benzene rings is 1. The number of ether oxygens (including phenoxy) is 2. The monoisotopic (exact) mass is 236 g/mol. The first-order valence-corrected chi connectivity index (χ1v) is 4.89. The number of rotatable bonds is 4. The summed E-state index contributed by atoms with van der Waals surface area (Å²) in [5.41, 5.74) is 0.977. The lowest BCUT2D eigenvalue weighted by molar-refractivity contribution is -0.142. The molecule has 0 aromatic heterocycles. The van der Waals surface area contributed by atoms with Crippen LogP contribution in [0.5, 0.6) is 0 Å². The number of carbonyl (C=O) groups is 3. The lowest BCUT2D eigenvalue weighted by Gasteiger charge is -2.03. The van der Waals surface area contributed by atoms with Crippen LogP contribution in [-0.2, 0) is 25.7 Å². The van der Waals surface area contributed by atoms with Crippen molar-refractivity contribution < 1.29 is 23.9 Å². The van der Waals surface area contributed by atoms with Crippen molar-refractivity contribution in [3.63, 3.8) is 0 Å². The highest BCUT2D eigenvalue weighted by atomic mass is 16.5. The van der Waals surface area contributed by atoms with E-state index in [0.717, 1.165) is 12.7 Å². The molecule has 0 radical (unpaired) electrons. The molecule has 0 unspecified atom stereocenters. The van der Waals surface area contributed by atoms with E-state index >= 15 is 0 Å². The highest BCUT2D eigenvalue weighted by molar-refractivity contribution is 6.40. The maximum Gasteiger partial charge on any atom is 0.379 e. The lowest BCUT2D eigenvalue weighted by atomic mass is 10.1. The SMILES string of the molecule is COC(=O)C(=O)c1ccc(COC(C)=O)cc1. The molecule has 0 N–H and O–H groups in total. The smallest absolute Gasteiger partial charge is 0.379 e. The van der Waals surface area contributed by atoms with Crippen LogP contribution in [0.4, 0.5) is 0 Å². The topological polar surface area (TPSA) is 69.7 Å². The fourth-order valence-corrected chi connectivity index (χ4v) is 1.15. The Morgan fingerprint density at radius 2 is 1.71 bits per heavy atom. The maximum atomic E-state index is 11.4. The predicted molar refractivity (Wildman–Crippen MR) is 58.3 cm³/mol. The zero-order valence-corrected chi connectivity index (χ0v) is 9.56. The van der Waals surface area contributed by atoms with Crippen LogP contribution in [-0.4, -0.2) is 24.8 Å². The van der Waals surface area contributed by atoms with Gasteiger partial charge in [0, 0.05) is 12.5 Å². The number of methoxy groups -OCH3 is 1. The third-order valence-electron chi connectivity index (χ3n) is 2.03. The van der Waals surface area contributed by atoms with Crippen molar-refractivity contribution >= 4 is 17.7 Å². The van der Waals surface area contributed by atoms with Crippen LogP contribution in [0, 0.1) is 0 Å². The minimum atomic E-state index is -0.905. The van der Waals surface area contributed by atoms with Crippen molar-refractivity contribution in [1.82, 2.24) is 0 Å². The molecule has 0 amide bonds. The van der Waals surface area contributed by atoms with Crippen LogP contribution in [0.3, 0.4) is 0 Å². The Balaban J connectivity index is 2.71. The predicted octanol–water partition coefficient (Wildman–Crippen LogP) is 1.11. The van der Waals surface area contributed by atoms with Gasteiger partial charge in [0.05, 0.1) is 7.11 Å². The van der Waals surface area contributed by atoms with Crippen LogP contribution < -0.4 is 0 Å². The summed E-state index contributed by atoms with van der Waals surface area (Å²) in [6.07, 6.45) is 0. The number of Topliss-reactive ketones (excluding diaryl/α,β-unsaturated/α-hetero) is 1. The van der Waals surface area contributed by atoms with Gasteiger partial charge in [-0.2, -0.15) is 0 Å². The van der Waals surface area contributed by atoms with Crippen LogP contribution in [0.15, 0.2) is 24.3 Å². The molecule has 0 bridgehead atoms. The standard InChI is InChI=1S/C12H12O5/c1-8(13)17-7-9-3-5-10(6-4-9)11(14)12(15)16-2/h3-6H,7H2,1-2H3. The molecular weight excluding hydrogens is 224 g/mol. The van der Waals surface area contributed by atoms with Crippen molar-refractivity contribution in [3.05, 3.63) is 35.4 Å². The molecule has 0 aliphatic carbocycles. The minimum absolute atomic E-state index is 0.141. The first-order chi connectivity index (χ1) is 8.04. The Morgan fingerprint density at radius 1 is 1.12 bits per heavy atom. The number of esters is 2. The fraction of sp³-hybridized carbons (Fsp3) is 0.250. The molecule has 1 rings (SSSR count). The molecule has 1 aromatic rings. The Hall–Kier alpha value is -2.17. The highest BCUT2D eigenvalue weighted by Gasteiger charge is 2.15. The van der Waals surface area contributed by atoms with Crippen LogP contribution >= 0.6 is 0 Å². The molecule has 17 heavy (non-hydrogen) atoms. The Kier molecular flexibility index (Phi) is 4.39. The molecule has 0 aliphatic heterocycles. The summed E-state index contributed by atoms with van der Waals surface area (Å²) in [6.45, 7) is 1.46. The number of hydrogen-bond acceptors (Lipinski definition) is 5. The fourth-order valence-electron chi connectivity index (χ4n) is 1.15. The molecule has 90 valence electrons. The second kappa shape index (κ2) is 5.79. The summed E-state index contributed by atoms with van der Waals surface area (Å²) >= 11 is 0. The van der Waals surface area contributed by atoms with E-state index in [9.17, 15) is 14.4 Å². The molecule has 0 saturated carbocycles. The number of ketones is 1. The second-order valence-electron chi connectivity index (χ2n) is 3.30. The average molecular weight is 236 g/mol. The van der Waals surface area contributed by atoms with Crippen LogP contribution in [0.25, 0.3) is 0 Å². The second-order valence-corrected chi connectivity index (χ2v) is 3.30. The number of hydrogen-bond donors (Lipinski definition) is 0. The van der Waals surface area contributed by atoms with Crippen molar-refractivity contribution in [2.75, 3.05) is 7.11 Å². The minimum Gasteiger partial charge on any atom is -0.463 e. The highest BCUT2D eigenvalue weighted by Crippen LogP contribution is 2.07. The van der Waals surface area contributed by atoms with E-state index in [0.29, 0.717) is 0 Å². The van der Waals surface area contributed by atoms with Crippen molar-refractivity contribution in [2.24, 2.45) is 0 Å². The first-order valence-electron chi connectivity index (χ1n) is 4.89. The van der Waals surface area contributed by atoms with Crippen LogP contribution in [0.2, 0.25) is 0 Å². The zero-order valence-electron chi connectivity index (χ0n) is 9.56. The van der Waals surface area contributed by atoms with E-state index in [-0.39, 0.29) is 18.1 Å². The molecule has 0 fully saturated rings. The quantitative estimate of drug-likeness (QED) is 0.445. The van der Waals surface area contributed by atoms with E-state index in [1.54, 1.807) is 12.1 Å². The summed E-state index contributed by atoms with van der Waals surface area (Å²) in [5, 5.41) is 0. The maximum absolute atomic E-state index is 11.4. The van der Waals surface area contributed by atoms with Gasteiger partial charge in [0.25, 0.3) is 5.78 Å². The molecule has 0 aliphatic rings. The molecule has 0 heterocycles. The summed E-state index contributed by atoms with van der Waals surface area (Å²) in [6, 6.07) is 6.19. The summed E-state index contributed by atoms with van der Waals surface area (Å²) < 4.78 is 9.10. The van der Waals surface area contributed by atoms with Gasteiger partial charge in [-0.15, -0.1) is 0 Å². The van der Waals surface area contributed by atoms with Gasteiger partial charge in [-0.05, 0) is 5.56 Å². The van der Waals surface area contributed by atoms with Gasteiger partial charge in [0.15, 0.2) is 0 Å². The Morgan fingerprint density at radius 3 is 2.18 bits per heavy atom. The van der Waals surface area contributed by atoms with Gasteiger partial charge in [-0.1, -0.05) is 24.3 Å². The molecule has 1 aromatic carbocycles. The first kappa shape index (κ1) is 12.9. The van der Waals surface area contributed by atoms with Crippen LogP contribution in [0.1, 0.15) is 22.8 Å². The Labute approximate surface area is 98.3 Å². The van der Waals surface area contributed by atoms with Gasteiger partial charge in [0.1, 0.15) is 6.61 Å². The van der Waals surface area contributed by atoms with E-state index < -0.39 is 11.8 Å². The zero-order chi connectivity index (χ0) is 12.8. The van der Waals surface area contributed by atoms with E-state index in [2.05, 4.69) is 4.74 Å². The lowest BCUT2D eigenvalue weighted by Crippen LogP contribution is -2.15. The number of carbonyl (C=O) groups excluding carboxylic acids is 3. The van der Waals surface area contributed by atoms with Gasteiger partial charge >= 0.3 is 11.9 Å². The summed E-state index contributed by atoms with van der Waals surface area (Å²) in [4.78, 5) is 32.9. The van der Waals surface area contributed by atoms with Crippen molar-refractivity contribution in [1.29, 1.82) is 0 Å².